The molecule has 3 rings (SSSR count). The van der Waals surface area contributed by atoms with Gasteiger partial charge in [0.25, 0.3) is 5.91 Å². The Balaban J connectivity index is 1.71. The second-order valence-corrected chi connectivity index (χ2v) is 6.73. The molecule has 0 aliphatic carbocycles. The lowest BCUT2D eigenvalue weighted by Gasteiger charge is -2.15. The van der Waals surface area contributed by atoms with Gasteiger partial charge < -0.3 is 14.2 Å². The van der Waals surface area contributed by atoms with Crippen LogP contribution < -0.4 is 0 Å². The largest absolute Gasteiger partial charge is 0.379 e. The number of aromatic nitrogens is 1. The number of aryl methyl sites for hydroxylation is 2. The van der Waals surface area contributed by atoms with Crippen molar-refractivity contribution in [2.45, 2.75) is 26.4 Å². The van der Waals surface area contributed by atoms with Crippen molar-refractivity contribution in [1.29, 1.82) is 0 Å². The minimum atomic E-state index is 0.0367. The summed E-state index contributed by atoms with van der Waals surface area (Å²) in [7, 11) is 1.70. The molecule has 0 spiro atoms. The Hall–Kier alpha value is -1.66. The van der Waals surface area contributed by atoms with Crippen molar-refractivity contribution < 1.29 is 14.1 Å². The fraction of sp³-hybridized carbons (Fsp3) is 0.500. The molecule has 6 heteroatoms. The van der Waals surface area contributed by atoms with E-state index in [4.69, 9.17) is 9.26 Å². The minimum absolute atomic E-state index is 0.0367. The van der Waals surface area contributed by atoms with E-state index < -0.39 is 0 Å². The summed E-state index contributed by atoms with van der Waals surface area (Å²) in [6.07, 6.45) is 0.779. The molecule has 118 valence electrons. The van der Waals surface area contributed by atoms with E-state index in [2.05, 4.69) is 5.16 Å². The lowest BCUT2D eigenvalue weighted by Crippen LogP contribution is -2.29. The zero-order valence-electron chi connectivity index (χ0n) is 13.0. The quantitative estimate of drug-likeness (QED) is 0.869. The molecule has 1 saturated heterocycles. The number of carbonyl (C=O) groups excluding carboxylic acids is 1. The summed E-state index contributed by atoms with van der Waals surface area (Å²) in [5.41, 5.74) is 1.92. The van der Waals surface area contributed by atoms with Crippen LogP contribution in [0.5, 0.6) is 0 Å². The SMILES string of the molecule is CO[C@H]1CN(C(=O)c2sccc2C)C[C@H]1Cc1cc(C)no1. The van der Waals surface area contributed by atoms with Crippen LogP contribution in [0.2, 0.25) is 0 Å². The average molecular weight is 320 g/mol. The Morgan fingerprint density at radius 2 is 2.32 bits per heavy atom. The normalized spacial score (nSPS) is 21.5. The third kappa shape index (κ3) is 2.94. The van der Waals surface area contributed by atoms with Crippen molar-refractivity contribution >= 4 is 17.2 Å². The molecular formula is C16H20N2O3S. The first-order valence-corrected chi connectivity index (χ1v) is 8.24. The van der Waals surface area contributed by atoms with E-state index in [9.17, 15) is 4.79 Å². The molecule has 1 aliphatic heterocycles. The summed E-state index contributed by atoms with van der Waals surface area (Å²) in [5.74, 6) is 1.19. The van der Waals surface area contributed by atoms with Crippen molar-refractivity contribution in [3.05, 3.63) is 39.4 Å². The van der Waals surface area contributed by atoms with Gasteiger partial charge in [-0.3, -0.25) is 4.79 Å². The van der Waals surface area contributed by atoms with Gasteiger partial charge in [-0.2, -0.15) is 0 Å². The van der Waals surface area contributed by atoms with Crippen molar-refractivity contribution in [3.63, 3.8) is 0 Å². The predicted octanol–water partition coefficient (Wildman–Crippen LogP) is 2.68. The number of nitrogens with zero attached hydrogens (tertiary/aromatic N) is 2. The first-order chi connectivity index (χ1) is 10.6. The Bertz CT molecular complexity index is 664. The molecular weight excluding hydrogens is 300 g/mol. The first kappa shape index (κ1) is 15.2. The summed E-state index contributed by atoms with van der Waals surface area (Å²) >= 11 is 1.50. The van der Waals surface area contributed by atoms with Gasteiger partial charge in [0, 0.05) is 38.6 Å². The maximum absolute atomic E-state index is 12.6. The highest BCUT2D eigenvalue weighted by Crippen LogP contribution is 2.27. The van der Waals surface area contributed by atoms with Gasteiger partial charge in [0.2, 0.25) is 0 Å². The summed E-state index contributed by atoms with van der Waals surface area (Å²) in [5, 5.41) is 5.88. The number of likely N-dealkylation sites (tertiary alicyclic amines) is 1. The molecule has 0 bridgehead atoms. The maximum Gasteiger partial charge on any atom is 0.264 e. The van der Waals surface area contributed by atoms with Crippen LogP contribution in [-0.4, -0.2) is 42.3 Å². The van der Waals surface area contributed by atoms with Gasteiger partial charge in [0.15, 0.2) is 0 Å². The molecule has 0 radical (unpaired) electrons. The van der Waals surface area contributed by atoms with Gasteiger partial charge in [-0.15, -0.1) is 11.3 Å². The molecule has 5 nitrogen and oxygen atoms in total. The molecule has 0 N–H and O–H groups in total. The highest BCUT2D eigenvalue weighted by molar-refractivity contribution is 7.12. The third-order valence-corrected chi connectivity index (χ3v) is 5.17. The van der Waals surface area contributed by atoms with E-state index >= 15 is 0 Å². The molecule has 0 unspecified atom stereocenters. The standard InChI is InChI=1S/C16H20N2O3S/c1-10-4-5-22-15(10)16(19)18-8-12(14(9-18)20-3)7-13-6-11(2)17-21-13/h4-6,12,14H,7-9H2,1-3H3/t12-,14+/m1/s1. The van der Waals surface area contributed by atoms with Gasteiger partial charge in [-0.25, -0.2) is 0 Å². The fourth-order valence-corrected chi connectivity index (χ4v) is 3.87. The Kier molecular flexibility index (Phi) is 4.31. The number of thiophene rings is 1. The molecule has 2 aromatic rings. The zero-order chi connectivity index (χ0) is 15.7. The average Bonchev–Trinajstić information content (AvgIpc) is 3.19. The van der Waals surface area contributed by atoms with Crippen molar-refractivity contribution in [2.75, 3.05) is 20.2 Å². The molecule has 2 aromatic heterocycles. The lowest BCUT2D eigenvalue weighted by atomic mass is 10.0. The Morgan fingerprint density at radius 1 is 1.50 bits per heavy atom. The van der Waals surface area contributed by atoms with Crippen LogP contribution in [0.25, 0.3) is 0 Å². The molecule has 0 aromatic carbocycles. The number of rotatable bonds is 4. The highest BCUT2D eigenvalue weighted by atomic mass is 32.1. The van der Waals surface area contributed by atoms with Gasteiger partial charge in [0.05, 0.1) is 16.7 Å². The molecule has 1 aliphatic rings. The van der Waals surface area contributed by atoms with Gasteiger partial charge in [-0.05, 0) is 30.9 Å². The predicted molar refractivity (Wildman–Crippen MR) is 84.2 cm³/mol. The van der Waals surface area contributed by atoms with Crippen LogP contribution in [0.15, 0.2) is 22.0 Å². The van der Waals surface area contributed by atoms with Crippen LogP contribution in [0, 0.1) is 19.8 Å². The molecule has 3 heterocycles. The van der Waals surface area contributed by atoms with Crippen molar-refractivity contribution in [3.8, 4) is 0 Å². The van der Waals surface area contributed by atoms with Crippen LogP contribution >= 0.6 is 11.3 Å². The highest BCUT2D eigenvalue weighted by Gasteiger charge is 2.37. The maximum atomic E-state index is 12.6. The molecule has 0 saturated carbocycles. The van der Waals surface area contributed by atoms with Crippen LogP contribution in [0.1, 0.15) is 26.7 Å². The number of hydrogen-bond acceptors (Lipinski definition) is 5. The molecule has 1 amide bonds. The number of ether oxygens (including phenoxy) is 1. The van der Waals surface area contributed by atoms with E-state index in [1.54, 1.807) is 7.11 Å². The van der Waals surface area contributed by atoms with Gasteiger partial charge >= 0.3 is 0 Å². The number of methoxy groups -OCH3 is 1. The first-order valence-electron chi connectivity index (χ1n) is 7.37. The lowest BCUT2D eigenvalue weighted by molar-refractivity contribution is 0.0675. The number of hydrogen-bond donors (Lipinski definition) is 0. The number of carbonyl (C=O) groups is 1. The van der Waals surface area contributed by atoms with Gasteiger partial charge in [0.1, 0.15) is 5.76 Å². The van der Waals surface area contributed by atoms with Crippen LogP contribution in [-0.2, 0) is 11.2 Å². The third-order valence-electron chi connectivity index (χ3n) is 4.17. The summed E-state index contributed by atoms with van der Waals surface area (Å²) in [6.45, 7) is 5.20. The van der Waals surface area contributed by atoms with Crippen molar-refractivity contribution in [1.82, 2.24) is 10.1 Å². The van der Waals surface area contributed by atoms with Crippen LogP contribution in [0.4, 0.5) is 0 Å². The molecule has 2 atom stereocenters. The van der Waals surface area contributed by atoms with E-state index in [0.29, 0.717) is 13.1 Å². The summed E-state index contributed by atoms with van der Waals surface area (Å²) in [4.78, 5) is 15.4. The summed E-state index contributed by atoms with van der Waals surface area (Å²) < 4.78 is 10.9. The van der Waals surface area contributed by atoms with E-state index in [-0.39, 0.29) is 17.9 Å². The second-order valence-electron chi connectivity index (χ2n) is 5.82. The Morgan fingerprint density at radius 3 is 2.91 bits per heavy atom. The smallest absolute Gasteiger partial charge is 0.264 e. The summed E-state index contributed by atoms with van der Waals surface area (Å²) in [6, 6.07) is 3.93. The number of amides is 1. The zero-order valence-corrected chi connectivity index (χ0v) is 13.9. The monoisotopic (exact) mass is 320 g/mol. The van der Waals surface area contributed by atoms with E-state index in [0.717, 1.165) is 28.3 Å². The Labute approximate surface area is 133 Å². The second kappa shape index (κ2) is 6.22. The van der Waals surface area contributed by atoms with E-state index in [1.165, 1.54) is 11.3 Å². The van der Waals surface area contributed by atoms with Crippen molar-refractivity contribution in [2.24, 2.45) is 5.92 Å². The van der Waals surface area contributed by atoms with E-state index in [1.807, 2.05) is 36.3 Å². The fourth-order valence-electron chi connectivity index (χ4n) is 2.98. The van der Waals surface area contributed by atoms with Crippen LogP contribution in [0.3, 0.4) is 0 Å². The van der Waals surface area contributed by atoms with Gasteiger partial charge in [-0.1, -0.05) is 5.16 Å². The minimum Gasteiger partial charge on any atom is -0.379 e. The molecule has 22 heavy (non-hydrogen) atoms. The topological polar surface area (TPSA) is 55.6 Å². The molecule has 1 fully saturated rings.